The molecule has 0 bridgehead atoms. The lowest BCUT2D eigenvalue weighted by atomic mass is 9.76. The summed E-state index contributed by atoms with van der Waals surface area (Å²) in [5.41, 5.74) is 0.220. The molecule has 10 nitrogen and oxygen atoms in total. The van der Waals surface area contributed by atoms with Crippen LogP contribution in [-0.4, -0.2) is 138 Å². The molecule has 0 aromatic heterocycles. The van der Waals surface area contributed by atoms with Crippen molar-refractivity contribution in [2.45, 2.75) is 135 Å². The predicted molar refractivity (Wildman–Crippen MR) is 151 cm³/mol. The van der Waals surface area contributed by atoms with Crippen LogP contribution in [0.4, 0.5) is 9.59 Å². The first-order valence-electron chi connectivity index (χ1n) is 15.1. The van der Waals surface area contributed by atoms with Crippen molar-refractivity contribution in [3.63, 3.8) is 0 Å². The molecule has 0 aromatic carbocycles. The van der Waals surface area contributed by atoms with Crippen LogP contribution in [0.5, 0.6) is 0 Å². The van der Waals surface area contributed by atoms with E-state index >= 15 is 0 Å². The Bertz CT molecular complexity index is 970. The second kappa shape index (κ2) is 8.46. The molecular formula is C29H52N8O2. The maximum absolute atomic E-state index is 14.0. The molecule has 39 heavy (non-hydrogen) atoms. The van der Waals surface area contributed by atoms with Crippen molar-refractivity contribution in [3.05, 3.63) is 0 Å². The van der Waals surface area contributed by atoms with Gasteiger partial charge in [0.05, 0.1) is 26.7 Å². The molecule has 0 saturated carbocycles. The van der Waals surface area contributed by atoms with E-state index in [2.05, 4.69) is 89.0 Å². The van der Waals surface area contributed by atoms with Gasteiger partial charge in [-0.1, -0.05) is 6.92 Å². The summed E-state index contributed by atoms with van der Waals surface area (Å²) in [7, 11) is 2.23. The van der Waals surface area contributed by atoms with Crippen molar-refractivity contribution in [3.8, 4) is 0 Å². The maximum atomic E-state index is 14.0. The summed E-state index contributed by atoms with van der Waals surface area (Å²) >= 11 is 0. The number of urea groups is 2. The third-order valence-corrected chi connectivity index (χ3v) is 11.4. The molecule has 0 spiro atoms. The fraction of sp³-hybridized carbons (Fsp3) is 0.931. The van der Waals surface area contributed by atoms with E-state index in [-0.39, 0.29) is 46.5 Å². The molecule has 0 aromatic rings. The van der Waals surface area contributed by atoms with Crippen molar-refractivity contribution in [2.24, 2.45) is 0 Å². The van der Waals surface area contributed by atoms with Crippen LogP contribution < -0.4 is 0 Å². The van der Waals surface area contributed by atoms with E-state index in [1.165, 1.54) is 0 Å². The molecule has 6 saturated heterocycles. The first-order chi connectivity index (χ1) is 18.0. The second-order valence-corrected chi connectivity index (χ2v) is 15.7. The predicted octanol–water partition coefficient (Wildman–Crippen LogP) is 3.27. The Hall–Kier alpha value is -1.62. The standard InChI is InChI=1S/C29H52N8O2/c1-11-37-28(6,7)14-21(15-29(37,8)9)32-18-35-23-22-33(24(35)38)16-31(17-34(22)25(39)36(23)19-32)20-12-26(2,3)30(10)27(4,5)13-20/h20-23H,11-19H2,1-10H3. The highest BCUT2D eigenvalue weighted by atomic mass is 16.2. The fourth-order valence-electron chi connectivity index (χ4n) is 9.63. The maximum Gasteiger partial charge on any atom is 0.325 e. The average molecular weight is 545 g/mol. The summed E-state index contributed by atoms with van der Waals surface area (Å²) in [5.74, 6) is 0. The van der Waals surface area contributed by atoms with Gasteiger partial charge in [0.2, 0.25) is 0 Å². The largest absolute Gasteiger partial charge is 0.325 e. The van der Waals surface area contributed by atoms with Crippen LogP contribution in [0.3, 0.4) is 0 Å². The molecule has 6 aliphatic heterocycles. The molecule has 220 valence electrons. The molecule has 0 N–H and O–H groups in total. The number of piperidine rings is 2. The normalized spacial score (nSPS) is 32.6. The number of hydrogen-bond acceptors (Lipinski definition) is 6. The summed E-state index contributed by atoms with van der Waals surface area (Å²) < 4.78 is 0. The molecule has 0 radical (unpaired) electrons. The van der Waals surface area contributed by atoms with Gasteiger partial charge in [-0.05, 0) is 94.7 Å². The van der Waals surface area contributed by atoms with Crippen LogP contribution >= 0.6 is 0 Å². The number of amides is 4. The average Bonchev–Trinajstić information content (AvgIpc) is 3.27. The van der Waals surface area contributed by atoms with Crippen LogP contribution in [-0.2, 0) is 0 Å². The lowest BCUT2D eigenvalue weighted by Crippen LogP contribution is -2.68. The molecule has 6 rings (SSSR count). The molecule has 10 heteroatoms. The van der Waals surface area contributed by atoms with Gasteiger partial charge < -0.3 is 0 Å². The minimum atomic E-state index is -0.175. The lowest BCUT2D eigenvalue weighted by Gasteiger charge is -2.58. The third kappa shape index (κ3) is 3.95. The van der Waals surface area contributed by atoms with Crippen molar-refractivity contribution < 1.29 is 9.59 Å². The van der Waals surface area contributed by atoms with Crippen LogP contribution in [0.1, 0.15) is 88.0 Å². The molecule has 0 atom stereocenters. The molecular weight excluding hydrogens is 492 g/mol. The summed E-state index contributed by atoms with van der Waals surface area (Å²) in [4.78, 5) is 45.8. The van der Waals surface area contributed by atoms with E-state index in [1.54, 1.807) is 0 Å². The highest BCUT2D eigenvalue weighted by Gasteiger charge is 2.64. The number of carbonyl (C=O) groups excluding carboxylic acids is 2. The number of carbonyl (C=O) groups is 2. The van der Waals surface area contributed by atoms with Crippen LogP contribution in [0.25, 0.3) is 0 Å². The van der Waals surface area contributed by atoms with Crippen molar-refractivity contribution in [2.75, 3.05) is 40.3 Å². The minimum absolute atomic E-state index is 0.0503. The SMILES string of the molecule is CCN1C(C)(C)CC(N2CN3C(=O)N4CN(C5CC(C)(C)N(C)C(C)(C)C5)CN5C(=O)N(C2)C3C45)CC1(C)C. The molecule has 6 heterocycles. The monoisotopic (exact) mass is 544 g/mol. The smallest absolute Gasteiger partial charge is 0.296 e. The number of nitrogens with zero attached hydrogens (tertiary/aromatic N) is 8. The summed E-state index contributed by atoms with van der Waals surface area (Å²) in [6.45, 7) is 24.3. The molecule has 6 fully saturated rings. The zero-order valence-corrected chi connectivity index (χ0v) is 26.1. The van der Waals surface area contributed by atoms with Gasteiger partial charge in [0.25, 0.3) is 0 Å². The highest BCUT2D eigenvalue weighted by Crippen LogP contribution is 2.46. The number of rotatable bonds is 3. The van der Waals surface area contributed by atoms with Gasteiger partial charge >= 0.3 is 12.1 Å². The van der Waals surface area contributed by atoms with Gasteiger partial charge in [-0.2, -0.15) is 0 Å². The second-order valence-electron chi connectivity index (χ2n) is 15.7. The molecule has 0 aliphatic carbocycles. The fourth-order valence-corrected chi connectivity index (χ4v) is 9.63. The molecule has 0 unspecified atom stereocenters. The van der Waals surface area contributed by atoms with E-state index < -0.39 is 0 Å². The molecule has 4 amide bonds. The first kappa shape index (κ1) is 27.5. The zero-order valence-electron chi connectivity index (χ0n) is 26.1. The van der Waals surface area contributed by atoms with Gasteiger partial charge in [0.15, 0.2) is 12.3 Å². The van der Waals surface area contributed by atoms with Gasteiger partial charge in [-0.3, -0.25) is 39.2 Å². The topological polar surface area (TPSA) is 60.1 Å². The van der Waals surface area contributed by atoms with Gasteiger partial charge in [-0.15, -0.1) is 0 Å². The Morgan fingerprint density at radius 3 is 1.21 bits per heavy atom. The quantitative estimate of drug-likeness (QED) is 0.544. The zero-order chi connectivity index (χ0) is 28.4. The van der Waals surface area contributed by atoms with E-state index in [9.17, 15) is 9.59 Å². The van der Waals surface area contributed by atoms with E-state index in [0.29, 0.717) is 38.8 Å². The highest BCUT2D eigenvalue weighted by molar-refractivity contribution is 5.85. The number of hydrogen-bond donors (Lipinski definition) is 0. The van der Waals surface area contributed by atoms with Gasteiger partial charge in [-0.25, -0.2) is 9.59 Å². The number of likely N-dealkylation sites (tertiary alicyclic amines) is 2. The van der Waals surface area contributed by atoms with Gasteiger partial charge in [0, 0.05) is 34.2 Å². The Kier molecular flexibility index (Phi) is 5.97. The lowest BCUT2D eigenvalue weighted by molar-refractivity contribution is -0.102. The minimum Gasteiger partial charge on any atom is -0.296 e. The van der Waals surface area contributed by atoms with Crippen LogP contribution in [0.15, 0.2) is 0 Å². The van der Waals surface area contributed by atoms with Crippen LogP contribution in [0, 0.1) is 0 Å². The van der Waals surface area contributed by atoms with E-state index in [0.717, 1.165) is 32.2 Å². The summed E-state index contributed by atoms with van der Waals surface area (Å²) in [6, 6.07) is 0.807. The van der Waals surface area contributed by atoms with Crippen molar-refractivity contribution in [1.29, 1.82) is 0 Å². The first-order valence-corrected chi connectivity index (χ1v) is 15.1. The Labute approximate surface area is 235 Å². The van der Waals surface area contributed by atoms with Crippen molar-refractivity contribution >= 4 is 12.1 Å². The summed E-state index contributed by atoms with van der Waals surface area (Å²) in [5, 5.41) is 0. The van der Waals surface area contributed by atoms with E-state index in [1.807, 2.05) is 19.6 Å². The van der Waals surface area contributed by atoms with Gasteiger partial charge in [0.1, 0.15) is 0 Å². The summed E-state index contributed by atoms with van der Waals surface area (Å²) in [6.07, 6.45) is 3.76. The Balaban J connectivity index is 1.24. The Morgan fingerprint density at radius 2 is 0.897 bits per heavy atom. The third-order valence-electron chi connectivity index (χ3n) is 11.4. The molecule has 6 aliphatic rings. The Morgan fingerprint density at radius 1 is 0.590 bits per heavy atom. The van der Waals surface area contributed by atoms with Crippen molar-refractivity contribution in [1.82, 2.24) is 39.2 Å². The van der Waals surface area contributed by atoms with Crippen LogP contribution in [0.2, 0.25) is 0 Å². The van der Waals surface area contributed by atoms with E-state index in [4.69, 9.17) is 0 Å².